The second-order valence-corrected chi connectivity index (χ2v) is 5.81. The second-order valence-electron chi connectivity index (χ2n) is 5.81. The summed E-state index contributed by atoms with van der Waals surface area (Å²) in [5.41, 5.74) is 0.0413. The van der Waals surface area contributed by atoms with Crippen molar-refractivity contribution in [2.75, 3.05) is 0 Å². The molecule has 0 amide bonds. The minimum atomic E-state index is 0.0413. The summed E-state index contributed by atoms with van der Waals surface area (Å²) in [6, 6.07) is 0. The van der Waals surface area contributed by atoms with Gasteiger partial charge in [0, 0.05) is 11.8 Å². The van der Waals surface area contributed by atoms with Crippen molar-refractivity contribution in [1.29, 1.82) is 0 Å². The van der Waals surface area contributed by atoms with Crippen LogP contribution in [-0.4, -0.2) is 5.78 Å². The SMILES string of the molecule is CCCCC(CC)CC(=O)C1(C)CCCC1. The van der Waals surface area contributed by atoms with Gasteiger partial charge < -0.3 is 0 Å². The molecule has 16 heavy (non-hydrogen) atoms. The number of Topliss-reactive ketones (excluding diaryl/α,β-unsaturated/α-hetero) is 1. The quantitative estimate of drug-likeness (QED) is 0.610. The topological polar surface area (TPSA) is 17.1 Å². The van der Waals surface area contributed by atoms with Crippen molar-refractivity contribution in [2.24, 2.45) is 11.3 Å². The van der Waals surface area contributed by atoms with Crippen LogP contribution in [-0.2, 0) is 4.79 Å². The largest absolute Gasteiger partial charge is 0.299 e. The van der Waals surface area contributed by atoms with Crippen molar-refractivity contribution in [1.82, 2.24) is 0 Å². The van der Waals surface area contributed by atoms with Crippen molar-refractivity contribution >= 4 is 5.78 Å². The molecular weight excluding hydrogens is 196 g/mol. The van der Waals surface area contributed by atoms with E-state index in [1.54, 1.807) is 0 Å². The Morgan fingerprint density at radius 1 is 1.25 bits per heavy atom. The van der Waals surface area contributed by atoms with Gasteiger partial charge in [-0.15, -0.1) is 0 Å². The number of carbonyl (C=O) groups excluding carboxylic acids is 1. The molecule has 0 heterocycles. The van der Waals surface area contributed by atoms with E-state index in [0.29, 0.717) is 11.7 Å². The summed E-state index contributed by atoms with van der Waals surface area (Å²) in [5.74, 6) is 1.19. The number of ketones is 1. The fourth-order valence-corrected chi connectivity index (χ4v) is 2.89. The molecule has 1 saturated carbocycles. The van der Waals surface area contributed by atoms with Gasteiger partial charge in [0.25, 0.3) is 0 Å². The molecule has 1 unspecified atom stereocenters. The standard InChI is InChI=1S/C15H28O/c1-4-6-9-13(5-2)12-14(16)15(3)10-7-8-11-15/h13H,4-12H2,1-3H3. The summed E-state index contributed by atoms with van der Waals surface area (Å²) in [7, 11) is 0. The van der Waals surface area contributed by atoms with E-state index in [2.05, 4.69) is 20.8 Å². The lowest BCUT2D eigenvalue weighted by Crippen LogP contribution is -2.26. The zero-order valence-corrected chi connectivity index (χ0v) is 11.3. The summed E-state index contributed by atoms with van der Waals surface area (Å²) in [6.07, 6.45) is 10.6. The average Bonchev–Trinajstić information content (AvgIpc) is 2.72. The van der Waals surface area contributed by atoms with Crippen LogP contribution in [0, 0.1) is 11.3 Å². The number of hydrogen-bond acceptors (Lipinski definition) is 1. The third kappa shape index (κ3) is 3.61. The zero-order chi connectivity index (χ0) is 12.0. The summed E-state index contributed by atoms with van der Waals surface area (Å²) in [6.45, 7) is 6.65. The third-order valence-electron chi connectivity index (χ3n) is 4.40. The molecule has 1 rings (SSSR count). The molecule has 1 nitrogen and oxygen atoms in total. The highest BCUT2D eigenvalue weighted by Crippen LogP contribution is 2.40. The predicted molar refractivity (Wildman–Crippen MR) is 69.5 cm³/mol. The first-order chi connectivity index (χ1) is 7.62. The van der Waals surface area contributed by atoms with Gasteiger partial charge in [0.05, 0.1) is 0 Å². The van der Waals surface area contributed by atoms with Gasteiger partial charge in [-0.3, -0.25) is 4.79 Å². The number of hydrogen-bond donors (Lipinski definition) is 0. The lowest BCUT2D eigenvalue weighted by molar-refractivity contribution is -0.128. The van der Waals surface area contributed by atoms with E-state index in [1.165, 1.54) is 38.5 Å². The predicted octanol–water partition coefficient (Wildman–Crippen LogP) is 4.74. The summed E-state index contributed by atoms with van der Waals surface area (Å²) < 4.78 is 0. The van der Waals surface area contributed by atoms with Crippen LogP contribution in [0.25, 0.3) is 0 Å². The first-order valence-corrected chi connectivity index (χ1v) is 7.15. The Morgan fingerprint density at radius 2 is 1.88 bits per heavy atom. The Hall–Kier alpha value is -0.330. The molecule has 0 bridgehead atoms. The molecule has 0 spiro atoms. The molecule has 0 aliphatic heterocycles. The van der Waals surface area contributed by atoms with Crippen LogP contribution in [0.15, 0.2) is 0 Å². The van der Waals surface area contributed by atoms with Crippen LogP contribution in [0.4, 0.5) is 0 Å². The summed E-state index contributed by atoms with van der Waals surface area (Å²) >= 11 is 0. The van der Waals surface area contributed by atoms with Crippen molar-refractivity contribution in [3.8, 4) is 0 Å². The number of rotatable bonds is 7. The van der Waals surface area contributed by atoms with Crippen LogP contribution in [0.5, 0.6) is 0 Å². The van der Waals surface area contributed by atoms with Crippen LogP contribution < -0.4 is 0 Å². The van der Waals surface area contributed by atoms with E-state index in [9.17, 15) is 4.79 Å². The second kappa shape index (κ2) is 6.42. The molecule has 1 heteroatoms. The first-order valence-electron chi connectivity index (χ1n) is 7.15. The van der Waals surface area contributed by atoms with E-state index < -0.39 is 0 Å². The fourth-order valence-electron chi connectivity index (χ4n) is 2.89. The maximum absolute atomic E-state index is 12.3. The molecule has 0 aromatic carbocycles. The zero-order valence-electron chi connectivity index (χ0n) is 11.3. The van der Waals surface area contributed by atoms with E-state index in [1.807, 2.05) is 0 Å². The van der Waals surface area contributed by atoms with Gasteiger partial charge in [-0.25, -0.2) is 0 Å². The molecule has 1 atom stereocenters. The highest BCUT2D eigenvalue weighted by atomic mass is 16.1. The molecule has 0 aromatic rings. The summed E-state index contributed by atoms with van der Waals surface area (Å²) in [5, 5.41) is 0. The van der Waals surface area contributed by atoms with E-state index in [0.717, 1.165) is 19.3 Å². The Kier molecular flexibility index (Phi) is 5.51. The Labute approximate surface area is 101 Å². The molecule has 1 aliphatic rings. The molecular formula is C15H28O. The smallest absolute Gasteiger partial charge is 0.139 e. The molecule has 0 saturated heterocycles. The van der Waals surface area contributed by atoms with Crippen LogP contribution >= 0.6 is 0 Å². The molecule has 0 aromatic heterocycles. The Bertz CT molecular complexity index is 213. The molecule has 1 fully saturated rings. The lowest BCUT2D eigenvalue weighted by Gasteiger charge is -2.24. The Balaban J connectivity index is 2.41. The fraction of sp³-hybridized carbons (Fsp3) is 0.933. The molecule has 0 radical (unpaired) electrons. The van der Waals surface area contributed by atoms with Crippen molar-refractivity contribution in [3.63, 3.8) is 0 Å². The van der Waals surface area contributed by atoms with Gasteiger partial charge in [-0.1, -0.05) is 59.3 Å². The van der Waals surface area contributed by atoms with Crippen LogP contribution in [0.2, 0.25) is 0 Å². The lowest BCUT2D eigenvalue weighted by atomic mass is 9.79. The van der Waals surface area contributed by atoms with E-state index >= 15 is 0 Å². The minimum absolute atomic E-state index is 0.0413. The monoisotopic (exact) mass is 224 g/mol. The number of unbranched alkanes of at least 4 members (excludes halogenated alkanes) is 1. The maximum atomic E-state index is 12.3. The minimum Gasteiger partial charge on any atom is -0.299 e. The molecule has 0 N–H and O–H groups in total. The van der Waals surface area contributed by atoms with Gasteiger partial charge in [-0.05, 0) is 18.8 Å². The maximum Gasteiger partial charge on any atom is 0.139 e. The summed E-state index contributed by atoms with van der Waals surface area (Å²) in [4.78, 5) is 12.3. The van der Waals surface area contributed by atoms with Gasteiger partial charge in [0.1, 0.15) is 5.78 Å². The Morgan fingerprint density at radius 3 is 2.38 bits per heavy atom. The van der Waals surface area contributed by atoms with Gasteiger partial charge in [0.15, 0.2) is 0 Å². The van der Waals surface area contributed by atoms with Gasteiger partial charge in [-0.2, -0.15) is 0 Å². The van der Waals surface area contributed by atoms with Crippen molar-refractivity contribution in [3.05, 3.63) is 0 Å². The van der Waals surface area contributed by atoms with Crippen LogP contribution in [0.3, 0.4) is 0 Å². The highest BCUT2D eigenvalue weighted by molar-refractivity contribution is 5.84. The first kappa shape index (κ1) is 13.7. The van der Waals surface area contributed by atoms with Crippen molar-refractivity contribution < 1.29 is 4.79 Å². The highest BCUT2D eigenvalue weighted by Gasteiger charge is 2.36. The van der Waals surface area contributed by atoms with E-state index in [-0.39, 0.29) is 5.41 Å². The van der Waals surface area contributed by atoms with Crippen LogP contribution in [0.1, 0.15) is 78.6 Å². The number of carbonyl (C=O) groups is 1. The van der Waals surface area contributed by atoms with Gasteiger partial charge >= 0.3 is 0 Å². The average molecular weight is 224 g/mol. The third-order valence-corrected chi connectivity index (χ3v) is 4.40. The molecule has 1 aliphatic carbocycles. The van der Waals surface area contributed by atoms with Crippen molar-refractivity contribution in [2.45, 2.75) is 78.6 Å². The van der Waals surface area contributed by atoms with E-state index in [4.69, 9.17) is 0 Å². The molecule has 94 valence electrons. The normalized spacial score (nSPS) is 20.9. The van der Waals surface area contributed by atoms with Gasteiger partial charge in [0.2, 0.25) is 0 Å².